The third-order valence-corrected chi connectivity index (χ3v) is 3.65. The van der Waals surface area contributed by atoms with Gasteiger partial charge in [0, 0.05) is 22.9 Å². The third-order valence-electron chi connectivity index (χ3n) is 2.22. The fraction of sp³-hybridized carbons (Fsp3) is 0.333. The number of halogens is 1. The number of thioether (sulfide) groups is 1. The summed E-state index contributed by atoms with van der Waals surface area (Å²) < 4.78 is 11.6. The topological polar surface area (TPSA) is 48.2 Å². The van der Waals surface area contributed by atoms with Crippen LogP contribution in [0.1, 0.15) is 5.89 Å². The molecule has 0 spiro atoms. The number of benzene rings is 1. The predicted octanol–water partition coefficient (Wildman–Crippen LogP) is 3.38. The van der Waals surface area contributed by atoms with E-state index in [1.165, 1.54) is 0 Å². The Morgan fingerprint density at radius 3 is 2.78 bits per heavy atom. The smallest absolute Gasteiger partial charge is 0.247 e. The van der Waals surface area contributed by atoms with E-state index < -0.39 is 0 Å². The predicted molar refractivity (Wildman–Crippen MR) is 75.5 cm³/mol. The summed E-state index contributed by atoms with van der Waals surface area (Å²) in [6.45, 7) is 0.734. The fourth-order valence-corrected chi connectivity index (χ4v) is 2.31. The van der Waals surface area contributed by atoms with Crippen molar-refractivity contribution < 1.29 is 9.15 Å². The highest BCUT2D eigenvalue weighted by atomic mass is 79.9. The molecule has 0 aliphatic carbocycles. The summed E-state index contributed by atoms with van der Waals surface area (Å²) in [5.74, 6) is 2.85. The number of rotatable bonds is 6. The average molecular weight is 329 g/mol. The van der Waals surface area contributed by atoms with E-state index in [-0.39, 0.29) is 0 Å². The molecular weight excluding hydrogens is 316 g/mol. The van der Waals surface area contributed by atoms with Crippen LogP contribution in [0.5, 0.6) is 0 Å². The summed E-state index contributed by atoms with van der Waals surface area (Å²) in [6.07, 6.45) is 0. The van der Waals surface area contributed by atoms with Gasteiger partial charge in [0.05, 0.1) is 12.4 Å². The first-order valence-corrected chi connectivity index (χ1v) is 7.39. The van der Waals surface area contributed by atoms with Crippen molar-refractivity contribution in [1.29, 1.82) is 0 Å². The van der Waals surface area contributed by atoms with Crippen molar-refractivity contribution in [3.8, 4) is 11.5 Å². The Bertz CT molecular complexity index is 487. The highest BCUT2D eigenvalue weighted by Gasteiger charge is 2.08. The highest BCUT2D eigenvalue weighted by Crippen LogP contribution is 2.21. The van der Waals surface area contributed by atoms with Gasteiger partial charge in [-0.3, -0.25) is 0 Å². The quantitative estimate of drug-likeness (QED) is 0.761. The molecule has 4 nitrogen and oxygen atoms in total. The maximum atomic E-state index is 5.59. The van der Waals surface area contributed by atoms with Crippen LogP contribution in [0.3, 0.4) is 0 Å². The Morgan fingerprint density at radius 2 is 2.06 bits per heavy atom. The van der Waals surface area contributed by atoms with Crippen molar-refractivity contribution in [2.45, 2.75) is 5.75 Å². The SMILES string of the molecule is COCCSCc1nnc(-c2ccc(Br)cc2)o1. The Balaban J connectivity index is 1.95. The van der Waals surface area contributed by atoms with Crippen molar-refractivity contribution in [2.24, 2.45) is 0 Å². The van der Waals surface area contributed by atoms with E-state index in [0.717, 1.165) is 22.4 Å². The second kappa shape index (κ2) is 6.92. The molecule has 1 aromatic heterocycles. The summed E-state index contributed by atoms with van der Waals surface area (Å²) in [5.41, 5.74) is 0.929. The van der Waals surface area contributed by atoms with Gasteiger partial charge in [-0.2, -0.15) is 0 Å². The number of hydrogen-bond donors (Lipinski definition) is 0. The highest BCUT2D eigenvalue weighted by molar-refractivity contribution is 9.10. The Hall–Kier alpha value is -0.850. The van der Waals surface area contributed by atoms with Crippen LogP contribution in [-0.2, 0) is 10.5 Å². The van der Waals surface area contributed by atoms with Gasteiger partial charge in [-0.05, 0) is 24.3 Å². The van der Waals surface area contributed by atoms with E-state index in [4.69, 9.17) is 9.15 Å². The zero-order chi connectivity index (χ0) is 12.8. The Morgan fingerprint density at radius 1 is 1.28 bits per heavy atom. The number of methoxy groups -OCH3 is 1. The van der Waals surface area contributed by atoms with Gasteiger partial charge < -0.3 is 9.15 Å². The Labute approximate surface area is 118 Å². The van der Waals surface area contributed by atoms with E-state index in [9.17, 15) is 0 Å². The van der Waals surface area contributed by atoms with Crippen LogP contribution in [0, 0.1) is 0 Å². The van der Waals surface area contributed by atoms with Crippen molar-refractivity contribution >= 4 is 27.7 Å². The molecule has 0 unspecified atom stereocenters. The second-order valence-corrected chi connectivity index (χ2v) is 5.57. The number of nitrogens with zero attached hydrogens (tertiary/aromatic N) is 2. The molecule has 0 saturated heterocycles. The van der Waals surface area contributed by atoms with Crippen LogP contribution in [0.4, 0.5) is 0 Å². The van der Waals surface area contributed by atoms with Crippen molar-refractivity contribution in [3.05, 3.63) is 34.6 Å². The molecule has 0 fully saturated rings. The summed E-state index contributed by atoms with van der Waals surface area (Å²) >= 11 is 5.10. The van der Waals surface area contributed by atoms with Gasteiger partial charge in [-0.25, -0.2) is 0 Å². The molecule has 96 valence electrons. The third kappa shape index (κ3) is 3.83. The molecule has 0 atom stereocenters. The summed E-state index contributed by atoms with van der Waals surface area (Å²) in [4.78, 5) is 0. The van der Waals surface area contributed by atoms with Gasteiger partial charge in [0.25, 0.3) is 0 Å². The molecular formula is C12H13BrN2O2S. The Kier molecular flexibility index (Phi) is 5.22. The van der Waals surface area contributed by atoms with Crippen LogP contribution in [-0.4, -0.2) is 29.7 Å². The van der Waals surface area contributed by atoms with Gasteiger partial charge in [0.2, 0.25) is 11.8 Å². The van der Waals surface area contributed by atoms with Crippen LogP contribution in [0.2, 0.25) is 0 Å². The molecule has 0 amide bonds. The van der Waals surface area contributed by atoms with Crippen molar-refractivity contribution in [3.63, 3.8) is 0 Å². The lowest BCUT2D eigenvalue weighted by Gasteiger charge is -1.96. The minimum absolute atomic E-state index is 0.560. The van der Waals surface area contributed by atoms with E-state index >= 15 is 0 Å². The van der Waals surface area contributed by atoms with Gasteiger partial charge >= 0.3 is 0 Å². The largest absolute Gasteiger partial charge is 0.420 e. The van der Waals surface area contributed by atoms with Crippen LogP contribution in [0.25, 0.3) is 11.5 Å². The molecule has 1 heterocycles. The summed E-state index contributed by atoms with van der Waals surface area (Å²) in [5, 5.41) is 8.06. The van der Waals surface area contributed by atoms with E-state index in [1.54, 1.807) is 18.9 Å². The summed E-state index contributed by atoms with van der Waals surface area (Å²) in [7, 11) is 1.69. The maximum Gasteiger partial charge on any atom is 0.247 e. The zero-order valence-corrected chi connectivity index (χ0v) is 12.3. The van der Waals surface area contributed by atoms with E-state index in [1.807, 2.05) is 24.3 Å². The first kappa shape index (κ1) is 13.6. The summed E-state index contributed by atoms with van der Waals surface area (Å²) in [6, 6.07) is 7.79. The minimum Gasteiger partial charge on any atom is -0.420 e. The molecule has 0 radical (unpaired) electrons. The maximum absolute atomic E-state index is 5.59. The molecule has 0 saturated carbocycles. The zero-order valence-electron chi connectivity index (χ0n) is 9.93. The minimum atomic E-state index is 0.560. The van der Waals surface area contributed by atoms with E-state index in [2.05, 4.69) is 26.1 Å². The van der Waals surface area contributed by atoms with Crippen LogP contribution in [0.15, 0.2) is 33.2 Å². The lowest BCUT2D eigenvalue weighted by molar-refractivity contribution is 0.218. The normalized spacial score (nSPS) is 10.8. The molecule has 0 aliphatic heterocycles. The molecule has 2 rings (SSSR count). The van der Waals surface area contributed by atoms with Gasteiger partial charge in [0.15, 0.2) is 0 Å². The number of ether oxygens (including phenoxy) is 1. The molecule has 18 heavy (non-hydrogen) atoms. The second-order valence-electron chi connectivity index (χ2n) is 3.55. The number of aromatic nitrogens is 2. The molecule has 0 N–H and O–H groups in total. The van der Waals surface area contributed by atoms with Gasteiger partial charge in [-0.1, -0.05) is 15.9 Å². The number of hydrogen-bond acceptors (Lipinski definition) is 5. The molecule has 2 aromatic rings. The lowest BCUT2D eigenvalue weighted by Crippen LogP contribution is -1.92. The van der Waals surface area contributed by atoms with Crippen LogP contribution >= 0.6 is 27.7 Å². The first-order valence-electron chi connectivity index (χ1n) is 5.44. The molecule has 6 heteroatoms. The van der Waals surface area contributed by atoms with Crippen LogP contribution < -0.4 is 0 Å². The van der Waals surface area contributed by atoms with Gasteiger partial charge in [0.1, 0.15) is 0 Å². The van der Waals surface area contributed by atoms with Gasteiger partial charge in [-0.15, -0.1) is 22.0 Å². The standard InChI is InChI=1S/C12H13BrN2O2S/c1-16-6-7-18-8-11-14-15-12(17-11)9-2-4-10(13)5-3-9/h2-5H,6-8H2,1H3. The molecule has 1 aromatic carbocycles. The molecule has 0 aliphatic rings. The van der Waals surface area contributed by atoms with Crippen molar-refractivity contribution in [1.82, 2.24) is 10.2 Å². The fourth-order valence-electron chi connectivity index (χ4n) is 1.32. The average Bonchev–Trinajstić information content (AvgIpc) is 2.84. The monoisotopic (exact) mass is 328 g/mol. The first-order chi connectivity index (χ1) is 8.79. The molecule has 0 bridgehead atoms. The van der Waals surface area contributed by atoms with Crippen molar-refractivity contribution in [2.75, 3.05) is 19.5 Å². The lowest BCUT2D eigenvalue weighted by atomic mass is 10.2. The van der Waals surface area contributed by atoms with E-state index in [0.29, 0.717) is 17.5 Å².